The predicted molar refractivity (Wildman–Crippen MR) is 116 cm³/mol. The summed E-state index contributed by atoms with van der Waals surface area (Å²) < 4.78 is 5.37. The lowest BCUT2D eigenvalue weighted by Crippen LogP contribution is -2.60. The first-order chi connectivity index (χ1) is 13.6. The highest BCUT2D eigenvalue weighted by Crippen LogP contribution is 2.51. The Hall–Kier alpha value is -0.940. The number of hydrogen-bond acceptors (Lipinski definition) is 4. The molecule has 1 saturated carbocycles. The number of hydrogen-bond donors (Lipinski definition) is 1. The highest BCUT2D eigenvalue weighted by molar-refractivity contribution is 5.33. The first-order valence-corrected chi connectivity index (χ1v) is 11.4. The molecule has 0 aromatic heterocycles. The molecule has 4 nitrogen and oxygen atoms in total. The van der Waals surface area contributed by atoms with Gasteiger partial charge in [-0.3, -0.25) is 9.80 Å². The second-order valence-electron chi connectivity index (χ2n) is 9.64. The van der Waals surface area contributed by atoms with Gasteiger partial charge in [-0.05, 0) is 61.2 Å². The number of benzene rings is 1. The molecule has 2 heterocycles. The molecule has 4 rings (SSSR count). The third kappa shape index (κ3) is 4.16. The quantitative estimate of drug-likeness (QED) is 0.809. The van der Waals surface area contributed by atoms with Gasteiger partial charge in [0.2, 0.25) is 0 Å². The van der Waals surface area contributed by atoms with Crippen molar-refractivity contribution in [1.29, 1.82) is 0 Å². The number of piperazine rings is 1. The molecule has 0 bridgehead atoms. The first-order valence-electron chi connectivity index (χ1n) is 11.4. The summed E-state index contributed by atoms with van der Waals surface area (Å²) in [5.41, 5.74) is 3.73. The first kappa shape index (κ1) is 20.3. The van der Waals surface area contributed by atoms with Crippen LogP contribution >= 0.6 is 0 Å². The average molecular weight is 386 g/mol. The van der Waals surface area contributed by atoms with Crippen LogP contribution in [0.15, 0.2) is 24.3 Å². The lowest BCUT2D eigenvalue weighted by atomic mass is 9.60. The van der Waals surface area contributed by atoms with Crippen LogP contribution in [0.25, 0.3) is 0 Å². The van der Waals surface area contributed by atoms with Gasteiger partial charge in [0.15, 0.2) is 0 Å². The Bertz CT molecular complexity index is 632. The number of ether oxygens (including phenoxy) is 1. The van der Waals surface area contributed by atoms with Gasteiger partial charge in [-0.2, -0.15) is 0 Å². The lowest BCUT2D eigenvalue weighted by molar-refractivity contribution is -0.0656. The highest BCUT2D eigenvalue weighted by Gasteiger charge is 2.49. The number of piperidine rings is 1. The van der Waals surface area contributed by atoms with E-state index < -0.39 is 0 Å². The van der Waals surface area contributed by atoms with E-state index in [-0.39, 0.29) is 0 Å². The van der Waals surface area contributed by atoms with Gasteiger partial charge < -0.3 is 10.1 Å². The van der Waals surface area contributed by atoms with E-state index in [9.17, 15) is 0 Å². The fraction of sp³-hybridized carbons (Fsp3) is 0.750. The van der Waals surface area contributed by atoms with Crippen molar-refractivity contribution in [2.45, 2.75) is 57.5 Å². The van der Waals surface area contributed by atoms with Crippen LogP contribution in [-0.4, -0.2) is 68.8 Å². The minimum atomic E-state index is 0.522. The molecule has 156 valence electrons. The highest BCUT2D eigenvalue weighted by atomic mass is 16.5. The van der Waals surface area contributed by atoms with Crippen molar-refractivity contribution in [2.24, 2.45) is 5.41 Å². The smallest absolute Gasteiger partial charge is 0.0589 e. The predicted octanol–water partition coefficient (Wildman–Crippen LogP) is 3.65. The maximum Gasteiger partial charge on any atom is 0.0589 e. The average Bonchev–Trinajstić information content (AvgIpc) is 2.71. The molecule has 2 saturated heterocycles. The molecular formula is C24H39N3O. The van der Waals surface area contributed by atoms with Gasteiger partial charge in [-0.15, -0.1) is 0 Å². The third-order valence-electron chi connectivity index (χ3n) is 7.57. The summed E-state index contributed by atoms with van der Waals surface area (Å²) in [7, 11) is 1.81. The van der Waals surface area contributed by atoms with Crippen LogP contribution in [0, 0.1) is 5.41 Å². The molecule has 0 amide bonds. The standard InChI is InChI=1S/C24H39N3O/c1-19(2)21-6-4-5-7-22(21)23-18-26(14-15-28-3)12-13-27(23)20-16-24(17-20)8-10-25-11-9-24/h4-7,19-20,23,25H,8-18H2,1-3H3/t23-/m1/s1. The molecule has 3 aliphatic rings. The van der Waals surface area contributed by atoms with Crippen molar-refractivity contribution in [2.75, 3.05) is 53.0 Å². The molecule has 2 aliphatic heterocycles. The van der Waals surface area contributed by atoms with E-state index >= 15 is 0 Å². The van der Waals surface area contributed by atoms with E-state index in [0.29, 0.717) is 17.4 Å². The van der Waals surface area contributed by atoms with Crippen LogP contribution in [0.5, 0.6) is 0 Å². The third-order valence-corrected chi connectivity index (χ3v) is 7.57. The molecule has 1 aromatic carbocycles. The number of methoxy groups -OCH3 is 1. The van der Waals surface area contributed by atoms with E-state index in [1.807, 2.05) is 7.11 Å². The normalized spacial score (nSPS) is 26.6. The van der Waals surface area contributed by atoms with Gasteiger partial charge in [0.05, 0.1) is 6.61 Å². The van der Waals surface area contributed by atoms with Gasteiger partial charge in [0.1, 0.15) is 0 Å². The Labute approximate surface area is 171 Å². The summed E-state index contributed by atoms with van der Waals surface area (Å²) in [6.45, 7) is 12.5. The molecule has 28 heavy (non-hydrogen) atoms. The molecule has 1 spiro atoms. The summed E-state index contributed by atoms with van der Waals surface area (Å²) in [5.74, 6) is 0.574. The molecule has 1 N–H and O–H groups in total. The van der Waals surface area contributed by atoms with Crippen molar-refractivity contribution in [3.63, 3.8) is 0 Å². The second kappa shape index (κ2) is 8.83. The van der Waals surface area contributed by atoms with Crippen LogP contribution in [0.2, 0.25) is 0 Å². The molecule has 0 radical (unpaired) electrons. The number of rotatable bonds is 6. The molecule has 1 aromatic rings. The second-order valence-corrected chi connectivity index (χ2v) is 9.64. The Kier molecular flexibility index (Phi) is 6.41. The molecule has 1 aliphatic carbocycles. The summed E-state index contributed by atoms with van der Waals surface area (Å²) in [4.78, 5) is 5.48. The van der Waals surface area contributed by atoms with Crippen LogP contribution in [0.1, 0.15) is 62.6 Å². The maximum atomic E-state index is 5.37. The monoisotopic (exact) mass is 385 g/mol. The Morgan fingerprint density at radius 2 is 1.89 bits per heavy atom. The Balaban J connectivity index is 1.53. The van der Waals surface area contributed by atoms with E-state index in [1.54, 1.807) is 5.56 Å². The maximum absolute atomic E-state index is 5.37. The molecule has 1 atom stereocenters. The number of nitrogens with zero attached hydrogens (tertiary/aromatic N) is 2. The summed E-state index contributed by atoms with van der Waals surface area (Å²) in [6, 6.07) is 10.5. The van der Waals surface area contributed by atoms with Gasteiger partial charge in [0, 0.05) is 45.4 Å². The van der Waals surface area contributed by atoms with Crippen LogP contribution in [0.4, 0.5) is 0 Å². The van der Waals surface area contributed by atoms with E-state index in [2.05, 4.69) is 53.2 Å². The topological polar surface area (TPSA) is 27.7 Å². The zero-order chi connectivity index (χ0) is 19.6. The van der Waals surface area contributed by atoms with E-state index in [0.717, 1.165) is 25.7 Å². The molecular weight excluding hydrogens is 346 g/mol. The molecule has 4 heteroatoms. The van der Waals surface area contributed by atoms with Crippen LogP contribution in [0.3, 0.4) is 0 Å². The van der Waals surface area contributed by atoms with Gasteiger partial charge in [-0.1, -0.05) is 38.1 Å². The summed E-state index contributed by atoms with van der Waals surface area (Å²) in [5, 5.41) is 3.55. The van der Waals surface area contributed by atoms with Crippen molar-refractivity contribution in [1.82, 2.24) is 15.1 Å². The molecule has 0 unspecified atom stereocenters. The zero-order valence-corrected chi connectivity index (χ0v) is 18.1. The fourth-order valence-electron chi connectivity index (χ4n) is 5.87. The zero-order valence-electron chi connectivity index (χ0n) is 18.1. The van der Waals surface area contributed by atoms with Gasteiger partial charge in [-0.25, -0.2) is 0 Å². The SMILES string of the molecule is COCCN1CCN(C2CC3(CCNCC3)C2)[C@@H](c2ccccc2C(C)C)C1. The largest absolute Gasteiger partial charge is 0.383 e. The summed E-state index contributed by atoms with van der Waals surface area (Å²) >= 11 is 0. The van der Waals surface area contributed by atoms with Crippen molar-refractivity contribution in [3.05, 3.63) is 35.4 Å². The van der Waals surface area contributed by atoms with Gasteiger partial charge >= 0.3 is 0 Å². The Morgan fingerprint density at radius 1 is 1.14 bits per heavy atom. The van der Waals surface area contributed by atoms with E-state index in [4.69, 9.17) is 4.74 Å². The molecule has 3 fully saturated rings. The van der Waals surface area contributed by atoms with E-state index in [1.165, 1.54) is 57.4 Å². The van der Waals surface area contributed by atoms with Crippen molar-refractivity contribution >= 4 is 0 Å². The minimum absolute atomic E-state index is 0.522. The van der Waals surface area contributed by atoms with Crippen LogP contribution < -0.4 is 5.32 Å². The summed E-state index contributed by atoms with van der Waals surface area (Å²) in [6.07, 6.45) is 5.58. The minimum Gasteiger partial charge on any atom is -0.383 e. The van der Waals surface area contributed by atoms with Crippen molar-refractivity contribution < 1.29 is 4.74 Å². The van der Waals surface area contributed by atoms with Gasteiger partial charge in [0.25, 0.3) is 0 Å². The fourth-order valence-corrected chi connectivity index (χ4v) is 5.87. The number of nitrogens with one attached hydrogen (secondary N) is 1. The van der Waals surface area contributed by atoms with Crippen molar-refractivity contribution in [3.8, 4) is 0 Å². The lowest BCUT2D eigenvalue weighted by Gasteiger charge is -2.57. The Morgan fingerprint density at radius 3 is 2.61 bits per heavy atom. The van der Waals surface area contributed by atoms with Crippen LogP contribution in [-0.2, 0) is 4.74 Å².